The van der Waals surface area contributed by atoms with E-state index in [1.54, 1.807) is 7.11 Å². The first kappa shape index (κ1) is 13.0. The van der Waals surface area contributed by atoms with Crippen LogP contribution in [0.15, 0.2) is 53.3 Å². The van der Waals surface area contributed by atoms with Crippen LogP contribution in [0.3, 0.4) is 0 Å². The second-order valence-corrected chi connectivity index (χ2v) is 5.25. The molecule has 0 aliphatic heterocycles. The molecule has 0 aliphatic rings. The molecule has 0 bridgehead atoms. The van der Waals surface area contributed by atoms with E-state index in [1.165, 1.54) is 0 Å². The van der Waals surface area contributed by atoms with Gasteiger partial charge in [-0.25, -0.2) is 4.52 Å². The third kappa shape index (κ3) is 2.49. The first-order valence-electron chi connectivity index (χ1n) is 6.26. The number of ether oxygens (including phenoxy) is 1. The number of pyridine rings is 1. The molecule has 0 amide bonds. The molecule has 2 aromatic heterocycles. The minimum atomic E-state index is 0.708. The number of aromatic nitrogens is 2. The topological polar surface area (TPSA) is 38.6 Å². The van der Waals surface area contributed by atoms with E-state index in [-0.39, 0.29) is 0 Å². The van der Waals surface area contributed by atoms with Crippen molar-refractivity contribution in [3.05, 3.63) is 58.8 Å². The molecule has 102 valence electrons. The van der Waals surface area contributed by atoms with Crippen LogP contribution in [-0.2, 0) is 6.54 Å². The van der Waals surface area contributed by atoms with Crippen molar-refractivity contribution in [3.63, 3.8) is 0 Å². The van der Waals surface area contributed by atoms with Crippen LogP contribution in [-0.4, -0.2) is 16.7 Å². The molecular weight excluding hydrogens is 318 g/mol. The van der Waals surface area contributed by atoms with E-state index in [0.717, 1.165) is 27.0 Å². The fourth-order valence-corrected chi connectivity index (χ4v) is 2.47. The first-order valence-corrected chi connectivity index (χ1v) is 7.06. The number of rotatable bonds is 4. The van der Waals surface area contributed by atoms with E-state index in [9.17, 15) is 0 Å². The average molecular weight is 332 g/mol. The van der Waals surface area contributed by atoms with E-state index in [4.69, 9.17) is 4.74 Å². The van der Waals surface area contributed by atoms with Gasteiger partial charge >= 0.3 is 0 Å². The summed E-state index contributed by atoms with van der Waals surface area (Å²) < 4.78 is 8.12. The van der Waals surface area contributed by atoms with Crippen LogP contribution in [0.5, 0.6) is 5.75 Å². The monoisotopic (exact) mass is 331 g/mol. The number of halogens is 1. The predicted molar refractivity (Wildman–Crippen MR) is 83.2 cm³/mol. The molecule has 5 heteroatoms. The summed E-state index contributed by atoms with van der Waals surface area (Å²) in [6.45, 7) is 0.708. The third-order valence-corrected chi connectivity index (χ3v) is 3.84. The molecule has 20 heavy (non-hydrogen) atoms. The van der Waals surface area contributed by atoms with Gasteiger partial charge in [0.25, 0.3) is 0 Å². The highest BCUT2D eigenvalue weighted by atomic mass is 79.9. The zero-order valence-electron chi connectivity index (χ0n) is 11.0. The quantitative estimate of drug-likeness (QED) is 0.791. The molecule has 0 aliphatic carbocycles. The van der Waals surface area contributed by atoms with Crippen LogP contribution in [0.4, 0.5) is 5.69 Å². The molecule has 1 aromatic carbocycles. The van der Waals surface area contributed by atoms with Gasteiger partial charge in [-0.15, -0.1) is 0 Å². The Morgan fingerprint density at radius 1 is 1.30 bits per heavy atom. The Hall–Kier alpha value is -2.01. The van der Waals surface area contributed by atoms with Crippen molar-refractivity contribution in [2.24, 2.45) is 0 Å². The number of benzene rings is 1. The van der Waals surface area contributed by atoms with E-state index >= 15 is 0 Å². The Bertz CT molecular complexity index is 739. The lowest BCUT2D eigenvalue weighted by Crippen LogP contribution is -2.00. The smallest absolute Gasteiger partial charge is 0.121 e. The van der Waals surface area contributed by atoms with Crippen LogP contribution < -0.4 is 10.1 Å². The Labute approximate surface area is 125 Å². The van der Waals surface area contributed by atoms with Crippen molar-refractivity contribution >= 4 is 27.1 Å². The van der Waals surface area contributed by atoms with Gasteiger partial charge in [-0.3, -0.25) is 0 Å². The molecule has 3 aromatic rings. The molecule has 0 radical (unpaired) electrons. The lowest BCUT2D eigenvalue weighted by Gasteiger charge is -2.09. The fraction of sp³-hybridized carbons (Fsp3) is 0.133. The van der Waals surface area contributed by atoms with Gasteiger partial charge in [-0.05, 0) is 40.2 Å². The van der Waals surface area contributed by atoms with Crippen molar-refractivity contribution in [2.75, 3.05) is 12.4 Å². The number of hydrogen-bond donors (Lipinski definition) is 1. The largest absolute Gasteiger partial charge is 0.497 e. The van der Waals surface area contributed by atoms with Gasteiger partial charge in [0.05, 0.1) is 24.5 Å². The maximum absolute atomic E-state index is 5.24. The molecular formula is C15H14BrN3O. The van der Waals surface area contributed by atoms with Crippen LogP contribution in [0.2, 0.25) is 0 Å². The van der Waals surface area contributed by atoms with Crippen molar-refractivity contribution in [2.45, 2.75) is 6.54 Å². The van der Waals surface area contributed by atoms with Gasteiger partial charge in [-0.1, -0.05) is 6.07 Å². The summed E-state index contributed by atoms with van der Waals surface area (Å²) >= 11 is 3.53. The number of nitrogens with one attached hydrogen (secondary N) is 1. The molecule has 0 atom stereocenters. The van der Waals surface area contributed by atoms with Crippen LogP contribution in [0.25, 0.3) is 5.52 Å². The highest BCUT2D eigenvalue weighted by Crippen LogP contribution is 2.27. The SMILES string of the molecule is COc1ccc(Br)c(NCc2cnn3ccccc23)c1. The lowest BCUT2D eigenvalue weighted by atomic mass is 10.2. The highest BCUT2D eigenvalue weighted by Gasteiger charge is 2.05. The number of hydrogen-bond acceptors (Lipinski definition) is 3. The summed E-state index contributed by atoms with van der Waals surface area (Å²) in [6.07, 6.45) is 3.83. The van der Waals surface area contributed by atoms with Crippen LogP contribution in [0.1, 0.15) is 5.56 Å². The standard InChI is InChI=1S/C15H14BrN3O/c1-20-12-5-6-13(16)14(8-12)17-9-11-10-18-19-7-3-2-4-15(11)19/h2-8,10,17H,9H2,1H3. The molecule has 2 heterocycles. The van der Waals surface area contributed by atoms with E-state index in [1.807, 2.05) is 47.2 Å². The minimum absolute atomic E-state index is 0.708. The normalized spacial score (nSPS) is 10.7. The van der Waals surface area contributed by atoms with Gasteiger partial charge in [0.15, 0.2) is 0 Å². The molecule has 4 nitrogen and oxygen atoms in total. The Balaban J connectivity index is 1.83. The Morgan fingerprint density at radius 2 is 2.20 bits per heavy atom. The number of anilines is 1. The van der Waals surface area contributed by atoms with E-state index < -0.39 is 0 Å². The summed E-state index contributed by atoms with van der Waals surface area (Å²) in [5.74, 6) is 0.829. The molecule has 0 saturated carbocycles. The Morgan fingerprint density at radius 3 is 3.05 bits per heavy atom. The average Bonchev–Trinajstić information content (AvgIpc) is 2.90. The minimum Gasteiger partial charge on any atom is -0.497 e. The van der Waals surface area contributed by atoms with E-state index in [2.05, 4.69) is 32.4 Å². The fourth-order valence-electron chi connectivity index (χ4n) is 2.08. The maximum Gasteiger partial charge on any atom is 0.121 e. The summed E-state index contributed by atoms with van der Waals surface area (Å²) in [5, 5.41) is 7.73. The first-order chi connectivity index (χ1) is 9.78. The van der Waals surface area contributed by atoms with Crippen molar-refractivity contribution in [3.8, 4) is 5.75 Å². The molecule has 0 fully saturated rings. The van der Waals surface area contributed by atoms with Gasteiger partial charge in [-0.2, -0.15) is 5.10 Å². The lowest BCUT2D eigenvalue weighted by molar-refractivity contribution is 0.415. The number of methoxy groups -OCH3 is 1. The van der Waals surface area contributed by atoms with Crippen LogP contribution in [0, 0.1) is 0 Å². The molecule has 0 unspecified atom stereocenters. The second kappa shape index (κ2) is 5.54. The molecule has 3 rings (SSSR count). The van der Waals surface area contributed by atoms with Gasteiger partial charge in [0, 0.05) is 28.8 Å². The highest BCUT2D eigenvalue weighted by molar-refractivity contribution is 9.10. The molecule has 0 spiro atoms. The Kier molecular flexibility index (Phi) is 3.60. The van der Waals surface area contributed by atoms with Crippen molar-refractivity contribution < 1.29 is 4.74 Å². The predicted octanol–water partition coefficient (Wildman–Crippen LogP) is 3.72. The van der Waals surface area contributed by atoms with Crippen molar-refractivity contribution in [1.82, 2.24) is 9.61 Å². The number of fused-ring (bicyclic) bond motifs is 1. The molecule has 0 saturated heterocycles. The zero-order valence-corrected chi connectivity index (χ0v) is 12.6. The second-order valence-electron chi connectivity index (χ2n) is 4.40. The third-order valence-electron chi connectivity index (χ3n) is 3.15. The zero-order chi connectivity index (χ0) is 13.9. The summed E-state index contributed by atoms with van der Waals surface area (Å²) in [5.41, 5.74) is 3.26. The van der Waals surface area contributed by atoms with Gasteiger partial charge in [0.1, 0.15) is 5.75 Å². The summed E-state index contributed by atoms with van der Waals surface area (Å²) in [6, 6.07) is 11.9. The van der Waals surface area contributed by atoms with Gasteiger partial charge in [0.2, 0.25) is 0 Å². The summed E-state index contributed by atoms with van der Waals surface area (Å²) in [7, 11) is 1.66. The summed E-state index contributed by atoms with van der Waals surface area (Å²) in [4.78, 5) is 0. The number of nitrogens with zero attached hydrogens (tertiary/aromatic N) is 2. The molecule has 1 N–H and O–H groups in total. The van der Waals surface area contributed by atoms with Crippen LogP contribution >= 0.6 is 15.9 Å². The van der Waals surface area contributed by atoms with E-state index in [0.29, 0.717) is 6.54 Å². The maximum atomic E-state index is 5.24. The van der Waals surface area contributed by atoms with Crippen molar-refractivity contribution in [1.29, 1.82) is 0 Å². The van der Waals surface area contributed by atoms with Gasteiger partial charge < -0.3 is 10.1 Å².